The average Bonchev–Trinajstić information content (AvgIpc) is 3.89. The highest BCUT2D eigenvalue weighted by atomic mass is 16.6. The number of aryl methyl sites for hydroxylation is 2. The Hall–Kier alpha value is -6.11. The van der Waals surface area contributed by atoms with Gasteiger partial charge in [-0.05, 0) is 98.1 Å². The number of pyridine rings is 2. The molecule has 4 aromatic heterocycles. The number of nitrogens with zero attached hydrogens (tertiary/aromatic N) is 2. The fraction of sp³-hybridized carbons (Fsp3) is 0.262. The summed E-state index contributed by atoms with van der Waals surface area (Å²) in [4.78, 5) is 30.6. The molecule has 2 N–H and O–H groups in total. The van der Waals surface area contributed by atoms with Gasteiger partial charge in [-0.2, -0.15) is 0 Å². The second kappa shape index (κ2) is 13.4. The van der Waals surface area contributed by atoms with Crippen LogP contribution in [0, 0.1) is 13.8 Å². The molecule has 0 bridgehead atoms. The Morgan fingerprint density at radius 3 is 2.17 bits per heavy atom. The van der Waals surface area contributed by atoms with Gasteiger partial charge in [0.25, 0.3) is 5.56 Å². The zero-order chi connectivity index (χ0) is 37.9. The number of hydrogen-bond acceptors (Lipinski definition) is 11. The molecule has 6 heterocycles. The van der Waals surface area contributed by atoms with E-state index >= 15 is 0 Å². The standard InChI is InChI=1S/C31H26N2O7.C11H12O3/c1-4-31(36)23-12-25-27-19(13-33(25)29(34)22(23)15-39-30(31)35)9-17-10-20(5-6-24(17)32-27)38-14-21-11-18-7-16(2)8-26(37-3)28(18)40-21;1-7-3-8-5-9(6-12)14-11(8)10(4-7)13-2/h5-12,36H,4,13-15H2,1-3H3;3-5,12H,6H2,1-2H3/t31-;/m0./s1. The molecule has 2 aliphatic rings. The lowest BCUT2D eigenvalue weighted by Crippen LogP contribution is -2.44. The molecule has 1 atom stereocenters. The van der Waals surface area contributed by atoms with Gasteiger partial charge in [-0.1, -0.05) is 6.92 Å². The Kier molecular flexibility index (Phi) is 8.66. The molecule has 0 aliphatic carbocycles. The van der Waals surface area contributed by atoms with Crippen LogP contribution in [-0.4, -0.2) is 40.0 Å². The van der Waals surface area contributed by atoms with Crippen molar-refractivity contribution in [2.24, 2.45) is 0 Å². The van der Waals surface area contributed by atoms with E-state index in [2.05, 4.69) is 0 Å². The summed E-state index contributed by atoms with van der Waals surface area (Å²) in [7, 11) is 3.23. The third kappa shape index (κ3) is 5.83. The van der Waals surface area contributed by atoms with E-state index in [1.165, 1.54) is 0 Å². The van der Waals surface area contributed by atoms with Gasteiger partial charge in [0.1, 0.15) is 37.1 Å². The lowest BCUT2D eigenvalue weighted by Gasteiger charge is -2.31. The summed E-state index contributed by atoms with van der Waals surface area (Å²) in [5.41, 5.74) is 4.90. The number of aliphatic hydroxyl groups excluding tert-OH is 1. The predicted molar refractivity (Wildman–Crippen MR) is 200 cm³/mol. The van der Waals surface area contributed by atoms with Crippen LogP contribution >= 0.6 is 0 Å². The van der Waals surface area contributed by atoms with Crippen LogP contribution in [0.15, 0.2) is 80.4 Å². The molecule has 3 aromatic carbocycles. The minimum absolute atomic E-state index is 0.0864. The number of aromatic nitrogens is 2. The first kappa shape index (κ1) is 34.9. The minimum Gasteiger partial charge on any atom is -0.493 e. The molecule has 0 fully saturated rings. The number of rotatable bonds is 7. The lowest BCUT2D eigenvalue weighted by molar-refractivity contribution is -0.172. The Morgan fingerprint density at radius 1 is 0.852 bits per heavy atom. The topological polar surface area (TPSA) is 156 Å². The maximum Gasteiger partial charge on any atom is 0.343 e. The molecule has 0 amide bonds. The van der Waals surface area contributed by atoms with Gasteiger partial charge in [0.05, 0.1) is 43.2 Å². The molecule has 0 radical (unpaired) electrons. The molecular weight excluding hydrogens is 692 g/mol. The second-order valence-corrected chi connectivity index (χ2v) is 13.6. The number of benzene rings is 3. The van der Waals surface area contributed by atoms with Crippen LogP contribution in [-0.2, 0) is 41.5 Å². The Morgan fingerprint density at radius 2 is 1.52 bits per heavy atom. The minimum atomic E-state index is -1.85. The molecule has 7 aromatic rings. The van der Waals surface area contributed by atoms with Gasteiger partial charge >= 0.3 is 5.97 Å². The first-order valence-electron chi connectivity index (χ1n) is 17.5. The highest BCUT2D eigenvalue weighted by molar-refractivity contribution is 5.88. The van der Waals surface area contributed by atoms with E-state index in [0.29, 0.717) is 69.0 Å². The van der Waals surface area contributed by atoms with E-state index in [0.717, 1.165) is 38.4 Å². The van der Waals surface area contributed by atoms with Crippen molar-refractivity contribution in [3.05, 3.63) is 116 Å². The third-order valence-corrected chi connectivity index (χ3v) is 10.0. The average molecular weight is 731 g/mol. The molecule has 0 spiro atoms. The van der Waals surface area contributed by atoms with E-state index in [1.54, 1.807) is 31.8 Å². The smallest absolute Gasteiger partial charge is 0.343 e. The number of esters is 1. The van der Waals surface area contributed by atoms with Crippen LogP contribution in [0.1, 0.15) is 52.7 Å². The van der Waals surface area contributed by atoms with Crippen LogP contribution in [0.3, 0.4) is 0 Å². The van der Waals surface area contributed by atoms with Gasteiger partial charge in [0.15, 0.2) is 28.3 Å². The van der Waals surface area contributed by atoms with E-state index < -0.39 is 11.6 Å². The zero-order valence-electron chi connectivity index (χ0n) is 30.4. The molecule has 276 valence electrons. The van der Waals surface area contributed by atoms with Crippen molar-refractivity contribution in [1.82, 2.24) is 9.55 Å². The zero-order valence-corrected chi connectivity index (χ0v) is 30.4. The summed E-state index contributed by atoms with van der Waals surface area (Å²) in [5.74, 6) is 2.56. The van der Waals surface area contributed by atoms with Gasteiger partial charge in [-0.3, -0.25) is 4.79 Å². The molecule has 12 nitrogen and oxygen atoms in total. The van der Waals surface area contributed by atoms with Crippen molar-refractivity contribution in [2.45, 2.75) is 59.2 Å². The first-order chi connectivity index (χ1) is 26.0. The molecule has 12 heteroatoms. The van der Waals surface area contributed by atoms with Gasteiger partial charge < -0.3 is 42.6 Å². The quantitative estimate of drug-likeness (QED) is 0.164. The fourth-order valence-electron chi connectivity index (χ4n) is 7.30. The number of aliphatic hydroxyl groups is 2. The van der Waals surface area contributed by atoms with Crippen molar-refractivity contribution in [3.8, 4) is 28.6 Å². The lowest BCUT2D eigenvalue weighted by atomic mass is 9.86. The molecular formula is C42H38N2O10. The number of hydrogen-bond donors (Lipinski definition) is 2. The van der Waals surface area contributed by atoms with E-state index in [-0.39, 0.29) is 31.8 Å². The molecule has 9 rings (SSSR count). The van der Waals surface area contributed by atoms with E-state index in [9.17, 15) is 14.7 Å². The summed E-state index contributed by atoms with van der Waals surface area (Å²) in [6.07, 6.45) is 0.101. The largest absolute Gasteiger partial charge is 0.493 e. The van der Waals surface area contributed by atoms with Crippen LogP contribution in [0.5, 0.6) is 17.2 Å². The van der Waals surface area contributed by atoms with E-state index in [1.807, 2.05) is 74.5 Å². The van der Waals surface area contributed by atoms with Gasteiger partial charge in [0.2, 0.25) is 0 Å². The van der Waals surface area contributed by atoms with Gasteiger partial charge in [-0.15, -0.1) is 0 Å². The van der Waals surface area contributed by atoms with Gasteiger partial charge in [0, 0.05) is 27.3 Å². The summed E-state index contributed by atoms with van der Waals surface area (Å²) < 4.78 is 34.9. The third-order valence-electron chi connectivity index (χ3n) is 10.0. The monoisotopic (exact) mass is 730 g/mol. The number of carbonyl (C=O) groups excluding carboxylic acids is 1. The Bertz CT molecular complexity index is 2690. The number of furan rings is 2. The number of carbonyl (C=O) groups is 1. The molecule has 54 heavy (non-hydrogen) atoms. The van der Waals surface area contributed by atoms with Crippen molar-refractivity contribution < 1.29 is 42.8 Å². The van der Waals surface area contributed by atoms with Crippen molar-refractivity contribution in [1.29, 1.82) is 0 Å². The van der Waals surface area contributed by atoms with Crippen molar-refractivity contribution in [2.75, 3.05) is 14.2 Å². The summed E-state index contributed by atoms with van der Waals surface area (Å²) in [5, 5.41) is 22.8. The van der Waals surface area contributed by atoms with E-state index in [4.69, 9.17) is 37.9 Å². The number of fused-ring (bicyclic) bond motifs is 7. The fourth-order valence-corrected chi connectivity index (χ4v) is 7.30. The number of ether oxygens (including phenoxy) is 4. The number of cyclic esters (lactones) is 1. The summed E-state index contributed by atoms with van der Waals surface area (Å²) in [6.45, 7) is 6.03. The molecule has 2 aliphatic heterocycles. The first-order valence-corrected chi connectivity index (χ1v) is 17.5. The normalized spacial score (nSPS) is 15.7. The molecule has 0 unspecified atom stereocenters. The maximum atomic E-state index is 13.4. The number of methoxy groups -OCH3 is 2. The van der Waals surface area contributed by atoms with Gasteiger partial charge in [-0.25, -0.2) is 9.78 Å². The molecule has 0 saturated heterocycles. The maximum absolute atomic E-state index is 13.4. The molecule has 0 saturated carbocycles. The van der Waals surface area contributed by atoms with Crippen LogP contribution in [0.25, 0.3) is 44.2 Å². The van der Waals surface area contributed by atoms with Crippen LogP contribution in [0.4, 0.5) is 0 Å². The van der Waals surface area contributed by atoms with Crippen molar-refractivity contribution in [3.63, 3.8) is 0 Å². The second-order valence-electron chi connectivity index (χ2n) is 13.6. The van der Waals surface area contributed by atoms with Crippen LogP contribution < -0.4 is 19.8 Å². The highest BCUT2D eigenvalue weighted by Gasteiger charge is 2.45. The summed E-state index contributed by atoms with van der Waals surface area (Å²) >= 11 is 0. The van der Waals surface area contributed by atoms with Crippen LogP contribution in [0.2, 0.25) is 0 Å². The Labute approximate surface area is 309 Å². The Balaban J connectivity index is 0.000000248. The highest BCUT2D eigenvalue weighted by Crippen LogP contribution is 2.39. The van der Waals surface area contributed by atoms with Crippen molar-refractivity contribution >= 4 is 38.8 Å². The predicted octanol–water partition coefficient (Wildman–Crippen LogP) is 6.96. The summed E-state index contributed by atoms with van der Waals surface area (Å²) in [6, 6.07) is 21.0. The SMILES string of the molecule is CC[C@@]1(O)C(=O)OCc2c1cc1n(c2=O)Cc2cc3cc(OCc4cc5cc(C)cc(OC)c5o4)ccc3nc2-1.COc1cc(C)cc2cc(CO)oc12.